The van der Waals surface area contributed by atoms with Gasteiger partial charge in [-0.05, 0) is 49.1 Å². The van der Waals surface area contributed by atoms with E-state index in [2.05, 4.69) is 35.0 Å². The predicted molar refractivity (Wildman–Crippen MR) is 118 cm³/mol. The summed E-state index contributed by atoms with van der Waals surface area (Å²) in [6, 6.07) is 13.8. The van der Waals surface area contributed by atoms with Gasteiger partial charge in [-0.25, -0.2) is 0 Å². The molecular formula is C22H28N4O2S. The highest BCUT2D eigenvalue weighted by atomic mass is 32.2. The fourth-order valence-corrected chi connectivity index (χ4v) is 3.54. The summed E-state index contributed by atoms with van der Waals surface area (Å²) < 4.78 is 11.8. The lowest BCUT2D eigenvalue weighted by atomic mass is 10.1. The quantitative estimate of drug-likeness (QED) is 0.393. The summed E-state index contributed by atoms with van der Waals surface area (Å²) in [5, 5.41) is 13.9. The number of unbranched alkanes of at least 4 members (excludes halogenated alkanes) is 2. The molecule has 3 rings (SSSR count). The third-order valence-electron chi connectivity index (χ3n) is 4.64. The molecule has 0 aliphatic heterocycles. The fraction of sp³-hybridized carbons (Fsp3) is 0.364. The van der Waals surface area contributed by atoms with Crippen LogP contribution < -0.4 is 14.8 Å². The smallest absolute Gasteiger partial charge is 0.247 e. The van der Waals surface area contributed by atoms with Gasteiger partial charge in [0.2, 0.25) is 12.3 Å². The van der Waals surface area contributed by atoms with Crippen LogP contribution in [0.1, 0.15) is 39.5 Å². The average Bonchev–Trinajstić information content (AvgIpc) is 3.30. The number of para-hydroxylation sites is 1. The van der Waals surface area contributed by atoms with Crippen LogP contribution in [0.3, 0.4) is 0 Å². The van der Waals surface area contributed by atoms with Gasteiger partial charge >= 0.3 is 0 Å². The van der Waals surface area contributed by atoms with Crippen LogP contribution >= 0.6 is 11.9 Å². The van der Waals surface area contributed by atoms with Crippen LogP contribution in [0.15, 0.2) is 58.2 Å². The van der Waals surface area contributed by atoms with Crippen LogP contribution in [0.25, 0.3) is 11.5 Å². The first-order chi connectivity index (χ1) is 14.3. The highest BCUT2D eigenvalue weighted by Gasteiger charge is 2.20. The molecule has 3 aromatic rings. The first kappa shape index (κ1) is 21.2. The molecule has 154 valence electrons. The molecule has 0 amide bonds. The summed E-state index contributed by atoms with van der Waals surface area (Å²) in [4.78, 5) is 3.21. The zero-order valence-electron chi connectivity index (χ0n) is 17.0. The first-order valence-corrected chi connectivity index (χ1v) is 10.9. The molecule has 29 heavy (non-hydrogen) atoms. The molecule has 6 nitrogen and oxygen atoms in total. The number of rotatable bonds is 11. The molecule has 1 aromatic heterocycles. The zero-order valence-corrected chi connectivity index (χ0v) is 17.8. The van der Waals surface area contributed by atoms with Crippen molar-refractivity contribution >= 4 is 17.6 Å². The molecule has 2 N–H and O–H groups in total. The number of nitrogens with two attached hydrogens (primary N) is 1. The molecule has 0 saturated heterocycles. The highest BCUT2D eigenvalue weighted by Crippen LogP contribution is 2.43. The van der Waals surface area contributed by atoms with Crippen LogP contribution in [0.4, 0.5) is 5.69 Å². The van der Waals surface area contributed by atoms with Crippen LogP contribution in [0.5, 0.6) is 11.5 Å². The van der Waals surface area contributed by atoms with E-state index in [1.54, 1.807) is 0 Å². The Bertz CT molecular complexity index is 864. The molecular weight excluding hydrogens is 384 g/mol. The van der Waals surface area contributed by atoms with Crippen molar-refractivity contribution in [2.75, 3.05) is 18.0 Å². The van der Waals surface area contributed by atoms with Gasteiger partial charge in [0.25, 0.3) is 0 Å². The monoisotopic (exact) mass is 412 g/mol. The summed E-state index contributed by atoms with van der Waals surface area (Å²) in [6.07, 6.45) is 5.79. The fourth-order valence-electron chi connectivity index (χ4n) is 3.09. The SMILES string of the molecule is CCCCN(CCCC)c1cc(-c2nnco2)cc(SN)c1Oc1ccccc1. The standard InChI is InChI=1S/C22H28N4O2S/c1-3-5-12-26(13-6-4-2)19-14-17(22-25-24-16-27-22)15-20(29-23)21(19)28-18-10-8-7-9-11-18/h7-11,14-16H,3-6,12-13,23H2,1-2H3. The number of hydrogen-bond acceptors (Lipinski definition) is 7. The minimum absolute atomic E-state index is 0.471. The number of benzene rings is 2. The molecule has 1 heterocycles. The number of nitrogens with zero attached hydrogens (tertiary/aromatic N) is 3. The summed E-state index contributed by atoms with van der Waals surface area (Å²) in [7, 11) is 0. The average molecular weight is 413 g/mol. The Morgan fingerprint density at radius 2 is 1.79 bits per heavy atom. The lowest BCUT2D eigenvalue weighted by Crippen LogP contribution is -2.26. The van der Waals surface area contributed by atoms with Crippen LogP contribution in [0.2, 0.25) is 0 Å². The van der Waals surface area contributed by atoms with Crippen molar-refractivity contribution in [1.82, 2.24) is 10.2 Å². The Balaban J connectivity index is 2.09. The molecule has 0 atom stereocenters. The van der Waals surface area contributed by atoms with Crippen molar-refractivity contribution in [3.05, 3.63) is 48.9 Å². The minimum atomic E-state index is 0.471. The second-order valence-electron chi connectivity index (χ2n) is 6.79. The van der Waals surface area contributed by atoms with Crippen molar-refractivity contribution in [3.8, 4) is 23.0 Å². The van der Waals surface area contributed by atoms with E-state index in [1.807, 2.05) is 36.4 Å². The van der Waals surface area contributed by atoms with Gasteiger partial charge < -0.3 is 14.1 Å². The Kier molecular flexibility index (Phi) is 7.95. The molecule has 2 aromatic carbocycles. The van der Waals surface area contributed by atoms with Crippen molar-refractivity contribution < 1.29 is 9.15 Å². The number of anilines is 1. The van der Waals surface area contributed by atoms with E-state index in [4.69, 9.17) is 14.3 Å². The van der Waals surface area contributed by atoms with Crippen molar-refractivity contribution in [1.29, 1.82) is 0 Å². The maximum absolute atomic E-state index is 6.34. The summed E-state index contributed by atoms with van der Waals surface area (Å²) in [5.74, 6) is 2.01. The molecule has 0 saturated carbocycles. The molecule has 0 radical (unpaired) electrons. The van der Waals surface area contributed by atoms with Gasteiger partial charge in [0, 0.05) is 18.7 Å². The Morgan fingerprint density at radius 3 is 2.38 bits per heavy atom. The first-order valence-electron chi connectivity index (χ1n) is 10.1. The van der Waals surface area contributed by atoms with Gasteiger partial charge in [-0.2, -0.15) is 0 Å². The molecule has 7 heteroatoms. The van der Waals surface area contributed by atoms with Crippen LogP contribution in [0, 0.1) is 0 Å². The Labute approximate surface area is 176 Å². The molecule has 0 unspecified atom stereocenters. The third-order valence-corrected chi connectivity index (χ3v) is 5.19. The zero-order chi connectivity index (χ0) is 20.5. The topological polar surface area (TPSA) is 77.4 Å². The third kappa shape index (κ3) is 5.52. The van der Waals surface area contributed by atoms with E-state index in [-0.39, 0.29) is 0 Å². The largest absolute Gasteiger partial charge is 0.454 e. The number of hydrogen-bond donors (Lipinski definition) is 1. The normalized spacial score (nSPS) is 10.9. The van der Waals surface area contributed by atoms with E-state index in [0.29, 0.717) is 5.89 Å². The number of ether oxygens (including phenoxy) is 1. The van der Waals surface area contributed by atoms with Crippen molar-refractivity contribution in [2.24, 2.45) is 5.14 Å². The van der Waals surface area contributed by atoms with E-state index < -0.39 is 0 Å². The van der Waals surface area contributed by atoms with Gasteiger partial charge in [0.1, 0.15) is 5.75 Å². The van der Waals surface area contributed by atoms with Crippen molar-refractivity contribution in [3.63, 3.8) is 0 Å². The Morgan fingerprint density at radius 1 is 1.07 bits per heavy atom. The van der Waals surface area contributed by atoms with Crippen LogP contribution in [-0.4, -0.2) is 23.3 Å². The highest BCUT2D eigenvalue weighted by molar-refractivity contribution is 7.97. The van der Waals surface area contributed by atoms with E-state index >= 15 is 0 Å². The molecule has 0 aliphatic rings. The summed E-state index contributed by atoms with van der Waals surface area (Å²) in [5.41, 5.74) is 1.84. The van der Waals surface area contributed by atoms with Gasteiger partial charge in [-0.15, -0.1) is 10.2 Å². The molecule has 0 spiro atoms. The second kappa shape index (κ2) is 10.9. The molecule has 0 aliphatic carbocycles. The number of aromatic nitrogens is 2. The second-order valence-corrected chi connectivity index (χ2v) is 7.47. The lowest BCUT2D eigenvalue weighted by Gasteiger charge is -2.28. The maximum Gasteiger partial charge on any atom is 0.247 e. The minimum Gasteiger partial charge on any atom is -0.454 e. The van der Waals surface area contributed by atoms with E-state index in [1.165, 1.54) is 6.39 Å². The van der Waals surface area contributed by atoms with E-state index in [9.17, 15) is 0 Å². The summed E-state index contributed by atoms with van der Waals surface area (Å²) >= 11 is 1.16. The lowest BCUT2D eigenvalue weighted by molar-refractivity contribution is 0.468. The van der Waals surface area contributed by atoms with Gasteiger partial charge in [0.05, 0.1) is 10.6 Å². The van der Waals surface area contributed by atoms with E-state index in [0.717, 1.165) is 78.4 Å². The van der Waals surface area contributed by atoms with Crippen LogP contribution in [-0.2, 0) is 0 Å². The maximum atomic E-state index is 6.34. The van der Waals surface area contributed by atoms with Gasteiger partial charge in [-0.3, -0.25) is 5.14 Å². The van der Waals surface area contributed by atoms with Gasteiger partial charge in [-0.1, -0.05) is 44.9 Å². The van der Waals surface area contributed by atoms with Gasteiger partial charge in [0.15, 0.2) is 5.75 Å². The molecule has 0 fully saturated rings. The Hall–Kier alpha value is -2.51. The van der Waals surface area contributed by atoms with Crippen molar-refractivity contribution in [2.45, 2.75) is 44.4 Å². The predicted octanol–water partition coefficient (Wildman–Crippen LogP) is 5.90. The summed E-state index contributed by atoms with van der Waals surface area (Å²) in [6.45, 7) is 6.30. The molecule has 0 bridgehead atoms.